The van der Waals surface area contributed by atoms with Crippen LogP contribution in [0.2, 0.25) is 0 Å². The summed E-state index contributed by atoms with van der Waals surface area (Å²) in [4.78, 5) is 21.5. The van der Waals surface area contributed by atoms with Gasteiger partial charge >= 0.3 is 11.6 Å². The van der Waals surface area contributed by atoms with Crippen molar-refractivity contribution < 1.29 is 14.4 Å². The molecule has 1 aromatic carbocycles. The van der Waals surface area contributed by atoms with E-state index in [9.17, 15) is 10.1 Å². The van der Waals surface area contributed by atoms with Gasteiger partial charge in [-0.25, -0.2) is 4.98 Å². The molecule has 28 heavy (non-hydrogen) atoms. The van der Waals surface area contributed by atoms with Crippen LogP contribution in [0, 0.1) is 24.0 Å². The molecular formula is C19H25N5O4. The van der Waals surface area contributed by atoms with Crippen molar-refractivity contribution in [3.05, 3.63) is 45.8 Å². The second-order valence-corrected chi connectivity index (χ2v) is 6.79. The summed E-state index contributed by atoms with van der Waals surface area (Å²) >= 11 is 0. The number of nitrogens with zero attached hydrogens (tertiary/aromatic N) is 4. The average Bonchev–Trinajstić information content (AvgIpc) is 2.65. The molecule has 0 atom stereocenters. The molecule has 3 rings (SSSR count). The number of hydrogen-bond acceptors (Lipinski definition) is 8. The summed E-state index contributed by atoms with van der Waals surface area (Å²) in [5, 5.41) is 14.7. The zero-order valence-electron chi connectivity index (χ0n) is 16.2. The average molecular weight is 387 g/mol. The lowest BCUT2D eigenvalue weighted by molar-refractivity contribution is -0.385. The molecule has 0 saturated carbocycles. The predicted molar refractivity (Wildman–Crippen MR) is 105 cm³/mol. The highest BCUT2D eigenvalue weighted by Gasteiger charge is 2.25. The summed E-state index contributed by atoms with van der Waals surface area (Å²) in [6.45, 7) is 8.70. The number of nitro groups is 1. The van der Waals surface area contributed by atoms with Crippen LogP contribution >= 0.6 is 0 Å². The zero-order valence-corrected chi connectivity index (χ0v) is 16.2. The van der Waals surface area contributed by atoms with E-state index in [4.69, 9.17) is 9.47 Å². The molecule has 9 heteroatoms. The first-order valence-electron chi connectivity index (χ1n) is 9.32. The van der Waals surface area contributed by atoms with Crippen LogP contribution in [0.5, 0.6) is 11.6 Å². The van der Waals surface area contributed by atoms with Crippen LogP contribution in [0.25, 0.3) is 0 Å². The Morgan fingerprint density at radius 2 is 1.93 bits per heavy atom. The van der Waals surface area contributed by atoms with E-state index in [-0.39, 0.29) is 17.4 Å². The number of benzene rings is 1. The maximum absolute atomic E-state index is 11.6. The third-order valence-corrected chi connectivity index (χ3v) is 4.43. The van der Waals surface area contributed by atoms with Gasteiger partial charge < -0.3 is 14.8 Å². The van der Waals surface area contributed by atoms with E-state index in [2.05, 4.69) is 20.2 Å². The standard InChI is InChI=1S/C19H25N5O4/c1-14-10-15(2)12-16(11-14)28-19-17(24(25)26)18(21-13-22-19)20-4-3-5-23-6-8-27-9-7-23/h10-13H,3-9H2,1-2H3,(H,20,21,22). The van der Waals surface area contributed by atoms with Crippen molar-refractivity contribution in [2.45, 2.75) is 20.3 Å². The van der Waals surface area contributed by atoms with Crippen molar-refractivity contribution in [1.29, 1.82) is 0 Å². The molecule has 150 valence electrons. The maximum atomic E-state index is 11.6. The van der Waals surface area contributed by atoms with Crippen LogP contribution in [-0.2, 0) is 4.74 Å². The summed E-state index contributed by atoms with van der Waals surface area (Å²) in [6.07, 6.45) is 2.11. The number of anilines is 1. The van der Waals surface area contributed by atoms with Crippen molar-refractivity contribution in [3.8, 4) is 11.6 Å². The van der Waals surface area contributed by atoms with Gasteiger partial charge in [-0.1, -0.05) is 6.07 Å². The fraction of sp³-hybridized carbons (Fsp3) is 0.474. The summed E-state index contributed by atoms with van der Waals surface area (Å²) in [5.74, 6) is 0.611. The minimum absolute atomic E-state index is 0.0688. The second-order valence-electron chi connectivity index (χ2n) is 6.79. The quantitative estimate of drug-likeness (QED) is 0.419. The topological polar surface area (TPSA) is 103 Å². The Balaban J connectivity index is 1.67. The molecule has 9 nitrogen and oxygen atoms in total. The molecule has 2 aromatic rings. The Morgan fingerprint density at radius 1 is 1.21 bits per heavy atom. The van der Waals surface area contributed by atoms with Gasteiger partial charge in [0.25, 0.3) is 0 Å². The lowest BCUT2D eigenvalue weighted by Gasteiger charge is -2.26. The number of aryl methyl sites for hydroxylation is 2. The van der Waals surface area contributed by atoms with E-state index in [1.54, 1.807) is 0 Å². The van der Waals surface area contributed by atoms with E-state index in [1.807, 2.05) is 32.0 Å². The number of aromatic nitrogens is 2. The van der Waals surface area contributed by atoms with E-state index in [1.165, 1.54) is 6.33 Å². The Labute approximate surface area is 163 Å². The summed E-state index contributed by atoms with van der Waals surface area (Å²) in [6, 6.07) is 5.63. The van der Waals surface area contributed by atoms with Crippen LogP contribution in [0.4, 0.5) is 11.5 Å². The fourth-order valence-electron chi connectivity index (χ4n) is 3.17. The first-order valence-corrected chi connectivity index (χ1v) is 9.32. The Hall–Kier alpha value is -2.78. The largest absolute Gasteiger partial charge is 0.434 e. The van der Waals surface area contributed by atoms with Gasteiger partial charge in [0.15, 0.2) is 0 Å². The molecular weight excluding hydrogens is 362 g/mol. The van der Waals surface area contributed by atoms with Crippen LogP contribution in [-0.4, -0.2) is 59.2 Å². The predicted octanol–water partition coefficient (Wildman–Crippen LogP) is 2.93. The minimum atomic E-state index is -0.512. The van der Waals surface area contributed by atoms with Gasteiger partial charge in [-0.2, -0.15) is 4.98 Å². The van der Waals surface area contributed by atoms with E-state index in [0.29, 0.717) is 12.3 Å². The second kappa shape index (κ2) is 9.43. The van der Waals surface area contributed by atoms with Gasteiger partial charge in [0.05, 0.1) is 18.1 Å². The smallest absolute Gasteiger partial charge is 0.373 e. The molecule has 0 bridgehead atoms. The van der Waals surface area contributed by atoms with Gasteiger partial charge in [0, 0.05) is 19.6 Å². The van der Waals surface area contributed by atoms with Gasteiger partial charge in [-0.15, -0.1) is 0 Å². The molecule has 0 spiro atoms. The minimum Gasteiger partial charge on any atom is -0.434 e. The van der Waals surface area contributed by atoms with Crippen molar-refractivity contribution in [2.24, 2.45) is 0 Å². The normalized spacial score (nSPS) is 14.6. The van der Waals surface area contributed by atoms with Crippen molar-refractivity contribution in [3.63, 3.8) is 0 Å². The molecule has 2 heterocycles. The van der Waals surface area contributed by atoms with Crippen LogP contribution in [0.15, 0.2) is 24.5 Å². The number of ether oxygens (including phenoxy) is 2. The van der Waals surface area contributed by atoms with Gasteiger partial charge in [0.2, 0.25) is 5.82 Å². The summed E-state index contributed by atoms with van der Waals surface area (Å²) in [5.41, 5.74) is 1.76. The van der Waals surface area contributed by atoms with Crippen molar-refractivity contribution in [2.75, 3.05) is 44.7 Å². The molecule has 0 aliphatic carbocycles. The molecule has 1 aromatic heterocycles. The first kappa shape index (κ1) is 20.0. The Bertz CT molecular complexity index is 804. The molecule has 0 amide bonds. The van der Waals surface area contributed by atoms with Crippen LogP contribution < -0.4 is 10.1 Å². The Morgan fingerprint density at radius 3 is 2.61 bits per heavy atom. The van der Waals surface area contributed by atoms with Gasteiger partial charge in [-0.3, -0.25) is 15.0 Å². The molecule has 1 N–H and O–H groups in total. The first-order chi connectivity index (χ1) is 13.5. The van der Waals surface area contributed by atoms with E-state index >= 15 is 0 Å². The number of hydrogen-bond donors (Lipinski definition) is 1. The summed E-state index contributed by atoms with van der Waals surface area (Å²) < 4.78 is 11.1. The van der Waals surface area contributed by atoms with E-state index < -0.39 is 4.92 Å². The fourth-order valence-corrected chi connectivity index (χ4v) is 3.17. The highest BCUT2D eigenvalue weighted by molar-refractivity contribution is 5.61. The van der Waals surface area contributed by atoms with Crippen molar-refractivity contribution >= 4 is 11.5 Å². The number of rotatable bonds is 8. The molecule has 0 radical (unpaired) electrons. The molecule has 1 saturated heterocycles. The lowest BCUT2D eigenvalue weighted by Crippen LogP contribution is -2.37. The highest BCUT2D eigenvalue weighted by atomic mass is 16.6. The zero-order chi connectivity index (χ0) is 19.9. The SMILES string of the molecule is Cc1cc(C)cc(Oc2ncnc(NCCCN3CCOCC3)c2[N+](=O)[O-])c1. The van der Waals surface area contributed by atoms with Gasteiger partial charge in [0.1, 0.15) is 12.1 Å². The molecule has 1 fully saturated rings. The van der Waals surface area contributed by atoms with E-state index in [0.717, 1.165) is 50.4 Å². The molecule has 1 aliphatic rings. The van der Waals surface area contributed by atoms with Crippen LogP contribution in [0.1, 0.15) is 17.5 Å². The molecule has 1 aliphatic heterocycles. The maximum Gasteiger partial charge on any atom is 0.373 e. The Kier molecular flexibility index (Phi) is 6.72. The van der Waals surface area contributed by atoms with Crippen molar-refractivity contribution in [1.82, 2.24) is 14.9 Å². The summed E-state index contributed by atoms with van der Waals surface area (Å²) in [7, 11) is 0. The highest BCUT2D eigenvalue weighted by Crippen LogP contribution is 2.34. The van der Waals surface area contributed by atoms with Gasteiger partial charge in [-0.05, 0) is 50.1 Å². The monoisotopic (exact) mass is 387 g/mol. The third-order valence-electron chi connectivity index (χ3n) is 4.43. The number of nitrogens with one attached hydrogen (secondary N) is 1. The number of morpholine rings is 1. The molecule has 0 unspecified atom stereocenters. The van der Waals surface area contributed by atoms with Crippen LogP contribution in [0.3, 0.4) is 0 Å². The lowest BCUT2D eigenvalue weighted by atomic mass is 10.1. The third kappa shape index (κ3) is 5.37.